The van der Waals surface area contributed by atoms with E-state index in [2.05, 4.69) is 18.8 Å². The molecule has 1 aromatic carbocycles. The third-order valence-corrected chi connectivity index (χ3v) is 4.99. The molecule has 110 valence electrons. The number of fused-ring (bicyclic) bond motifs is 1. The smallest absolute Gasteiger partial charge is 0.256 e. The molecule has 1 saturated heterocycles. The number of hydrogen-bond donors (Lipinski definition) is 1. The fraction of sp³-hybridized carbons (Fsp3) is 0.375. The molecule has 1 aliphatic heterocycles. The fourth-order valence-electron chi connectivity index (χ4n) is 2.90. The van der Waals surface area contributed by atoms with Gasteiger partial charge in [0.05, 0.1) is 5.56 Å². The number of nitrogens with two attached hydrogens (primary N) is 1. The molecule has 0 radical (unpaired) electrons. The molecule has 1 fully saturated rings. The van der Waals surface area contributed by atoms with E-state index in [1.54, 1.807) is 6.20 Å². The summed E-state index contributed by atoms with van der Waals surface area (Å²) >= 11 is 1.93. The van der Waals surface area contributed by atoms with Crippen LogP contribution in [0.4, 0.5) is 5.82 Å². The number of amides is 1. The Kier molecular flexibility index (Phi) is 3.76. The molecule has 0 spiro atoms. The van der Waals surface area contributed by atoms with Gasteiger partial charge in [0.25, 0.3) is 5.91 Å². The zero-order chi connectivity index (χ0) is 15.0. The summed E-state index contributed by atoms with van der Waals surface area (Å²) in [4.78, 5) is 19.0. The fourth-order valence-corrected chi connectivity index (χ4v) is 4.22. The van der Waals surface area contributed by atoms with Crippen molar-refractivity contribution in [1.29, 1.82) is 0 Å². The minimum absolute atomic E-state index is 0.0534. The maximum absolute atomic E-state index is 12.9. The zero-order valence-corrected chi connectivity index (χ0v) is 13.1. The molecule has 0 saturated carbocycles. The van der Waals surface area contributed by atoms with E-state index in [4.69, 9.17) is 5.73 Å². The molecule has 3 rings (SSSR count). The Labute approximate surface area is 128 Å². The number of carbonyl (C=O) groups excluding carboxylic acids is 1. The molecule has 0 aliphatic carbocycles. The quantitative estimate of drug-likeness (QED) is 0.880. The number of hydrogen-bond acceptors (Lipinski definition) is 4. The van der Waals surface area contributed by atoms with Gasteiger partial charge in [-0.25, -0.2) is 4.98 Å². The van der Waals surface area contributed by atoms with E-state index in [1.807, 2.05) is 40.9 Å². The van der Waals surface area contributed by atoms with Crippen LogP contribution in [0.3, 0.4) is 0 Å². The molecule has 4 nitrogen and oxygen atoms in total. The molecule has 1 aliphatic rings. The molecule has 2 unspecified atom stereocenters. The van der Waals surface area contributed by atoms with Gasteiger partial charge in [0.15, 0.2) is 0 Å². The van der Waals surface area contributed by atoms with Crippen LogP contribution in [0.25, 0.3) is 10.8 Å². The number of aromatic nitrogens is 1. The van der Waals surface area contributed by atoms with Gasteiger partial charge in [-0.2, -0.15) is 11.8 Å². The summed E-state index contributed by atoms with van der Waals surface area (Å²) in [6.45, 7) is 5.90. The molecule has 2 N–H and O–H groups in total. The number of benzene rings is 1. The number of rotatable bonds is 1. The molecule has 2 aromatic rings. The van der Waals surface area contributed by atoms with E-state index < -0.39 is 0 Å². The Hall–Kier alpha value is -1.75. The predicted octanol–water partition coefficient (Wildman–Crippen LogP) is 2.78. The Bertz CT molecular complexity index is 678. The van der Waals surface area contributed by atoms with Crippen molar-refractivity contribution in [3.8, 4) is 0 Å². The lowest BCUT2D eigenvalue weighted by Gasteiger charge is -2.34. The molecule has 2 atom stereocenters. The molecule has 21 heavy (non-hydrogen) atoms. The number of thioether (sulfide) groups is 1. The largest absolute Gasteiger partial charge is 0.383 e. The topological polar surface area (TPSA) is 59.2 Å². The highest BCUT2D eigenvalue weighted by Gasteiger charge is 2.27. The summed E-state index contributed by atoms with van der Waals surface area (Å²) in [5.74, 6) is 0.524. The van der Waals surface area contributed by atoms with Gasteiger partial charge in [-0.15, -0.1) is 0 Å². The Morgan fingerprint density at radius 1 is 1.24 bits per heavy atom. The van der Waals surface area contributed by atoms with Crippen molar-refractivity contribution in [2.75, 3.05) is 18.8 Å². The van der Waals surface area contributed by atoms with Gasteiger partial charge in [0.1, 0.15) is 5.82 Å². The highest BCUT2D eigenvalue weighted by atomic mass is 32.2. The van der Waals surface area contributed by atoms with Crippen LogP contribution in [0.2, 0.25) is 0 Å². The summed E-state index contributed by atoms with van der Waals surface area (Å²) in [6, 6.07) is 7.68. The molecule has 2 heterocycles. The van der Waals surface area contributed by atoms with Crippen molar-refractivity contribution < 1.29 is 4.79 Å². The van der Waals surface area contributed by atoms with Crippen LogP contribution in [0.1, 0.15) is 24.2 Å². The zero-order valence-electron chi connectivity index (χ0n) is 12.2. The monoisotopic (exact) mass is 301 g/mol. The van der Waals surface area contributed by atoms with Gasteiger partial charge in [0, 0.05) is 35.2 Å². The van der Waals surface area contributed by atoms with Gasteiger partial charge in [-0.05, 0) is 5.39 Å². The molecule has 5 heteroatoms. The van der Waals surface area contributed by atoms with Crippen molar-refractivity contribution in [1.82, 2.24) is 9.88 Å². The average Bonchev–Trinajstić information content (AvgIpc) is 2.46. The van der Waals surface area contributed by atoms with Crippen LogP contribution in [-0.2, 0) is 0 Å². The highest BCUT2D eigenvalue weighted by molar-refractivity contribution is 8.00. The van der Waals surface area contributed by atoms with E-state index in [0.717, 1.165) is 23.9 Å². The Morgan fingerprint density at radius 3 is 2.52 bits per heavy atom. The first-order valence-electron chi connectivity index (χ1n) is 7.14. The third kappa shape index (κ3) is 2.70. The first-order valence-corrected chi connectivity index (χ1v) is 8.08. The van der Waals surface area contributed by atoms with E-state index in [-0.39, 0.29) is 5.91 Å². The SMILES string of the molecule is CC1CN(C(=O)c2cnc(N)c3ccccc23)CC(C)S1. The minimum Gasteiger partial charge on any atom is -0.383 e. The third-order valence-electron chi connectivity index (χ3n) is 3.76. The number of carbonyl (C=O) groups is 1. The first-order chi connectivity index (χ1) is 10.1. The standard InChI is InChI=1S/C16H19N3OS/c1-10-8-19(9-11(2)21-10)16(20)14-7-18-15(17)13-6-4-3-5-12(13)14/h3-7,10-11H,8-9H2,1-2H3,(H2,17,18). The molecule has 0 bridgehead atoms. The second-order valence-electron chi connectivity index (χ2n) is 5.57. The van der Waals surface area contributed by atoms with Crippen molar-refractivity contribution in [3.05, 3.63) is 36.0 Å². The average molecular weight is 301 g/mol. The summed E-state index contributed by atoms with van der Waals surface area (Å²) in [5.41, 5.74) is 6.55. The lowest BCUT2D eigenvalue weighted by atomic mass is 10.1. The van der Waals surface area contributed by atoms with E-state index in [0.29, 0.717) is 21.9 Å². The Balaban J connectivity index is 2.00. The summed E-state index contributed by atoms with van der Waals surface area (Å²) in [5, 5.41) is 2.65. The van der Waals surface area contributed by atoms with E-state index in [1.165, 1.54) is 0 Å². The van der Waals surface area contributed by atoms with E-state index >= 15 is 0 Å². The van der Waals surface area contributed by atoms with Gasteiger partial charge in [-0.3, -0.25) is 4.79 Å². The van der Waals surface area contributed by atoms with Crippen LogP contribution >= 0.6 is 11.8 Å². The van der Waals surface area contributed by atoms with Crippen LogP contribution in [-0.4, -0.2) is 39.4 Å². The Morgan fingerprint density at radius 2 is 1.86 bits per heavy atom. The maximum Gasteiger partial charge on any atom is 0.256 e. The first kappa shape index (κ1) is 14.2. The van der Waals surface area contributed by atoms with Crippen molar-refractivity contribution in [2.45, 2.75) is 24.3 Å². The molecular weight excluding hydrogens is 282 g/mol. The molecule has 1 aromatic heterocycles. The summed E-state index contributed by atoms with van der Waals surface area (Å²) < 4.78 is 0. The number of nitrogen functional groups attached to an aromatic ring is 1. The van der Waals surface area contributed by atoms with Gasteiger partial charge >= 0.3 is 0 Å². The van der Waals surface area contributed by atoms with Crippen LogP contribution in [0.15, 0.2) is 30.5 Å². The lowest BCUT2D eigenvalue weighted by molar-refractivity contribution is 0.0755. The molecular formula is C16H19N3OS. The number of pyridine rings is 1. The second kappa shape index (κ2) is 5.56. The maximum atomic E-state index is 12.9. The summed E-state index contributed by atoms with van der Waals surface area (Å²) in [7, 11) is 0. The van der Waals surface area contributed by atoms with Crippen LogP contribution < -0.4 is 5.73 Å². The van der Waals surface area contributed by atoms with Gasteiger partial charge in [-0.1, -0.05) is 38.1 Å². The lowest BCUT2D eigenvalue weighted by Crippen LogP contribution is -2.44. The van der Waals surface area contributed by atoms with Gasteiger partial charge < -0.3 is 10.6 Å². The van der Waals surface area contributed by atoms with Crippen molar-refractivity contribution in [2.24, 2.45) is 0 Å². The molecule has 1 amide bonds. The van der Waals surface area contributed by atoms with Crippen molar-refractivity contribution in [3.63, 3.8) is 0 Å². The number of anilines is 1. The number of nitrogens with zero attached hydrogens (tertiary/aromatic N) is 2. The normalized spacial score (nSPS) is 22.5. The highest BCUT2D eigenvalue weighted by Crippen LogP contribution is 2.28. The summed E-state index contributed by atoms with van der Waals surface area (Å²) in [6.07, 6.45) is 1.61. The van der Waals surface area contributed by atoms with E-state index in [9.17, 15) is 4.79 Å². The second-order valence-corrected chi connectivity index (χ2v) is 7.45. The minimum atomic E-state index is 0.0534. The van der Waals surface area contributed by atoms with Crippen LogP contribution in [0, 0.1) is 0 Å². The van der Waals surface area contributed by atoms with Crippen molar-refractivity contribution >= 4 is 34.3 Å². The van der Waals surface area contributed by atoms with Crippen LogP contribution in [0.5, 0.6) is 0 Å². The van der Waals surface area contributed by atoms with Gasteiger partial charge in [0.2, 0.25) is 0 Å². The predicted molar refractivity (Wildman–Crippen MR) is 88.6 cm³/mol.